The minimum atomic E-state index is -4.95. The van der Waals surface area contributed by atoms with Crippen LogP contribution in [0.1, 0.15) is 497 Å². The van der Waals surface area contributed by atoms with Crippen LogP contribution in [-0.2, 0) is 23.6 Å². The van der Waals surface area contributed by atoms with Gasteiger partial charge in [-0.15, -0.1) is 0 Å². The van der Waals surface area contributed by atoms with Crippen molar-refractivity contribution < 1.29 is 23.6 Å². The molecule has 0 aromatic carbocycles. The molecular formula is C82H162O6Sn. The number of carbonyl (C=O) groups excluding carboxylic acids is 3. The van der Waals surface area contributed by atoms with Crippen molar-refractivity contribution in [3.8, 4) is 0 Å². The Balaban J connectivity index is 4.61. The summed E-state index contributed by atoms with van der Waals surface area (Å²) in [4.78, 5) is 40.8. The van der Waals surface area contributed by atoms with E-state index in [1.54, 1.807) is 0 Å². The van der Waals surface area contributed by atoms with E-state index in [-0.39, 0.29) is 43.1 Å². The van der Waals surface area contributed by atoms with Crippen molar-refractivity contribution in [2.45, 2.75) is 501 Å². The van der Waals surface area contributed by atoms with E-state index in [4.69, 9.17) is 9.22 Å². The first-order valence-corrected chi connectivity index (χ1v) is 46.9. The molecule has 0 N–H and O–H groups in total. The van der Waals surface area contributed by atoms with Gasteiger partial charge in [0.2, 0.25) is 0 Å². The molecule has 0 bridgehead atoms. The van der Waals surface area contributed by atoms with Gasteiger partial charge in [0.1, 0.15) is 0 Å². The zero-order chi connectivity index (χ0) is 64.5. The van der Waals surface area contributed by atoms with Crippen LogP contribution in [0.5, 0.6) is 0 Å². The second kappa shape index (κ2) is 74.6. The third kappa shape index (κ3) is 71.3. The molecule has 0 aromatic heterocycles. The van der Waals surface area contributed by atoms with Crippen LogP contribution in [-0.4, -0.2) is 37.5 Å². The summed E-state index contributed by atoms with van der Waals surface area (Å²) >= 11 is -4.95. The van der Waals surface area contributed by atoms with Gasteiger partial charge in [-0.3, -0.25) is 0 Å². The fourth-order valence-corrected chi connectivity index (χ4v) is 21.3. The van der Waals surface area contributed by atoms with E-state index < -0.39 is 19.6 Å². The van der Waals surface area contributed by atoms with E-state index in [0.29, 0.717) is 4.44 Å². The van der Waals surface area contributed by atoms with E-state index in [1.807, 2.05) is 13.8 Å². The Kier molecular flexibility index (Phi) is 73.9. The molecule has 0 amide bonds. The Hall–Kier alpha value is -0.791. The normalized spacial score (nSPS) is 11.8. The zero-order valence-corrected chi connectivity index (χ0v) is 64.5. The van der Waals surface area contributed by atoms with Crippen molar-refractivity contribution in [2.24, 2.45) is 5.92 Å². The van der Waals surface area contributed by atoms with E-state index in [2.05, 4.69) is 20.8 Å². The molecule has 0 aliphatic heterocycles. The Morgan fingerprint density at radius 1 is 0.202 bits per heavy atom. The number of hydrogen-bond donors (Lipinski definition) is 0. The average molecular weight is 1360 g/mol. The summed E-state index contributed by atoms with van der Waals surface area (Å²) in [6.45, 7) is 11.0. The van der Waals surface area contributed by atoms with Crippen molar-refractivity contribution in [1.82, 2.24) is 0 Å². The Bertz CT molecular complexity index is 1250. The van der Waals surface area contributed by atoms with E-state index >= 15 is 0 Å². The minimum Gasteiger partial charge on any atom is -0.0654 e. The molecule has 530 valence electrons. The van der Waals surface area contributed by atoms with Crippen molar-refractivity contribution in [3.63, 3.8) is 0 Å². The maximum atomic E-state index is 13.6. The second-order valence-electron chi connectivity index (χ2n) is 29.3. The molecule has 6 nitrogen and oxygen atoms in total. The molecule has 0 fully saturated rings. The summed E-state index contributed by atoms with van der Waals surface area (Å²) in [6, 6.07) is 0. The first-order valence-electron chi connectivity index (χ1n) is 41.4. The molecular weight excluding hydrogens is 1200 g/mol. The minimum absolute atomic E-state index is 0.0665. The van der Waals surface area contributed by atoms with E-state index in [1.165, 1.54) is 385 Å². The molecule has 0 radical (unpaired) electrons. The Morgan fingerprint density at radius 3 is 0.427 bits per heavy atom. The Labute approximate surface area is 564 Å². The molecule has 0 unspecified atom stereocenters. The molecule has 0 atom stereocenters. The van der Waals surface area contributed by atoms with Gasteiger partial charge in [-0.05, 0) is 0 Å². The third-order valence-corrected chi connectivity index (χ3v) is 27.8. The molecule has 0 aliphatic carbocycles. The van der Waals surface area contributed by atoms with Gasteiger partial charge in [0, 0.05) is 0 Å². The van der Waals surface area contributed by atoms with Crippen LogP contribution in [0.15, 0.2) is 0 Å². The molecule has 7 heteroatoms. The Morgan fingerprint density at radius 2 is 0.315 bits per heavy atom. The van der Waals surface area contributed by atoms with E-state index in [9.17, 15) is 14.4 Å². The van der Waals surface area contributed by atoms with E-state index in [0.717, 1.165) is 57.8 Å². The summed E-state index contributed by atoms with van der Waals surface area (Å²) in [7, 11) is 0. The fraction of sp³-hybridized carbons (Fsp3) is 0.963. The van der Waals surface area contributed by atoms with Crippen LogP contribution in [0.4, 0.5) is 0 Å². The molecule has 0 heterocycles. The summed E-state index contributed by atoms with van der Waals surface area (Å²) in [5.41, 5.74) is 0. The molecule has 0 aromatic rings. The van der Waals surface area contributed by atoms with Crippen molar-refractivity contribution in [3.05, 3.63) is 0 Å². The first kappa shape index (κ1) is 88.2. The summed E-state index contributed by atoms with van der Waals surface area (Å²) in [5.74, 6) is -1.00. The number of unbranched alkanes of at least 4 members (excludes halogenated alkanes) is 66. The van der Waals surface area contributed by atoms with Crippen LogP contribution in [0.2, 0.25) is 4.44 Å². The second-order valence-corrected chi connectivity index (χ2v) is 36.1. The van der Waals surface area contributed by atoms with Crippen molar-refractivity contribution in [2.75, 3.05) is 0 Å². The van der Waals surface area contributed by atoms with Gasteiger partial charge in [-0.2, -0.15) is 0 Å². The molecule has 0 spiro atoms. The molecule has 0 saturated heterocycles. The van der Waals surface area contributed by atoms with Crippen molar-refractivity contribution >= 4 is 37.5 Å². The van der Waals surface area contributed by atoms with Gasteiger partial charge in [-0.25, -0.2) is 0 Å². The maximum absolute atomic E-state index is 13.6. The average Bonchev–Trinajstić information content (AvgIpc) is 3.40. The van der Waals surface area contributed by atoms with Crippen LogP contribution < -0.4 is 0 Å². The molecule has 89 heavy (non-hydrogen) atoms. The predicted molar refractivity (Wildman–Crippen MR) is 393 cm³/mol. The predicted octanol–water partition coefficient (Wildman–Crippen LogP) is 29.4. The topological polar surface area (TPSA) is 78.9 Å². The van der Waals surface area contributed by atoms with Gasteiger partial charge >= 0.3 is 278 Å². The summed E-state index contributed by atoms with van der Waals surface area (Å²) in [5, 5.41) is 0. The number of hydrogen-bond acceptors (Lipinski definition) is 6. The standard InChI is InChI=1S/3C26H52O2.C4H9.Sn/c3*1-2-3-4-5-6-7-8-9-10-11-12-13-14-15-16-17-18-19-20-21-22-23-24-25-26(27)28;1-4(2)3;/h3*2-25H2,1H3,(H,27,28);4H,1H2,2-3H3;/q;;;;+3/p-3. The van der Waals surface area contributed by atoms with Gasteiger partial charge < -0.3 is 0 Å². The smallest absolute Gasteiger partial charge is 0.0654 e. The van der Waals surface area contributed by atoms with Gasteiger partial charge in [0.15, 0.2) is 0 Å². The van der Waals surface area contributed by atoms with Gasteiger partial charge in [0.05, 0.1) is 0 Å². The SMILES string of the molecule is CCCCCCCCCCCCCCCCCCCCCCCCCC(=O)[O][Sn]([CH2]C(C)C)([O]C(=O)CCCCCCCCCCCCCCCCCCCCCCCCC)[O]C(=O)CCCCCCCCCCCCCCCCCCCCCCCCC. The fourth-order valence-electron chi connectivity index (χ4n) is 13.5. The van der Waals surface area contributed by atoms with Crippen LogP contribution in [0, 0.1) is 5.92 Å². The van der Waals surface area contributed by atoms with Crippen molar-refractivity contribution in [1.29, 1.82) is 0 Å². The zero-order valence-electron chi connectivity index (χ0n) is 61.6. The number of carbonyl (C=O) groups is 3. The van der Waals surface area contributed by atoms with Crippen LogP contribution >= 0.6 is 0 Å². The third-order valence-electron chi connectivity index (χ3n) is 19.4. The summed E-state index contributed by atoms with van der Waals surface area (Å²) in [6.07, 6.45) is 92.9. The van der Waals surface area contributed by atoms with Gasteiger partial charge in [-0.1, -0.05) is 290 Å². The molecule has 0 saturated carbocycles. The first-order chi connectivity index (χ1) is 43.8. The van der Waals surface area contributed by atoms with Crippen LogP contribution in [0.3, 0.4) is 0 Å². The number of rotatable bonds is 77. The molecule has 0 aliphatic rings. The quantitative estimate of drug-likeness (QED) is 0.0446. The van der Waals surface area contributed by atoms with Crippen LogP contribution in [0.25, 0.3) is 0 Å². The molecule has 0 rings (SSSR count). The van der Waals surface area contributed by atoms with Gasteiger partial charge in [0.25, 0.3) is 0 Å². The monoisotopic (exact) mass is 1360 g/mol. The summed E-state index contributed by atoms with van der Waals surface area (Å²) < 4.78 is 19.0.